The number of hydrogen-bond acceptors (Lipinski definition) is 4. The number of nitrogens with two attached hydrogens (primary N) is 1. The monoisotopic (exact) mass is 383 g/mol. The van der Waals surface area contributed by atoms with Gasteiger partial charge in [-0.25, -0.2) is 0 Å². The maximum atomic E-state index is 12.5. The highest BCUT2D eigenvalue weighted by Crippen LogP contribution is 2.21. The highest BCUT2D eigenvalue weighted by molar-refractivity contribution is 5.94. The summed E-state index contributed by atoms with van der Waals surface area (Å²) in [5.41, 5.74) is 6.42. The third-order valence-corrected chi connectivity index (χ3v) is 4.69. The molecule has 3 N–H and O–H groups in total. The first-order valence-corrected chi connectivity index (χ1v) is 8.71. The van der Waals surface area contributed by atoms with Crippen LogP contribution in [0.25, 0.3) is 0 Å². The van der Waals surface area contributed by atoms with Gasteiger partial charge < -0.3 is 20.7 Å². The normalized spacial score (nSPS) is 16.4. The van der Waals surface area contributed by atoms with Gasteiger partial charge in [-0.3, -0.25) is 9.59 Å². The number of amides is 2. The third-order valence-electron chi connectivity index (χ3n) is 4.69. The van der Waals surface area contributed by atoms with Gasteiger partial charge >= 0.3 is 0 Å². The van der Waals surface area contributed by atoms with Crippen LogP contribution in [0.1, 0.15) is 44.0 Å². The van der Waals surface area contributed by atoms with Crippen molar-refractivity contribution >= 4 is 24.2 Å². The summed E-state index contributed by atoms with van der Waals surface area (Å²) < 4.78 is 5.10. The Morgan fingerprint density at radius 3 is 2.19 bits per heavy atom. The van der Waals surface area contributed by atoms with E-state index in [1.165, 1.54) is 0 Å². The van der Waals surface area contributed by atoms with Crippen molar-refractivity contribution in [1.29, 1.82) is 0 Å². The number of benzene rings is 1. The number of ether oxygens (including phenoxy) is 1. The molecule has 0 radical (unpaired) electrons. The number of halogens is 1. The van der Waals surface area contributed by atoms with Crippen LogP contribution in [-0.2, 0) is 4.79 Å². The lowest BCUT2D eigenvalue weighted by molar-refractivity contribution is -0.136. The van der Waals surface area contributed by atoms with Crippen LogP contribution >= 0.6 is 12.4 Å². The van der Waals surface area contributed by atoms with Crippen LogP contribution in [0, 0.1) is 5.41 Å². The Morgan fingerprint density at radius 1 is 1.19 bits per heavy atom. The quantitative estimate of drug-likeness (QED) is 0.834. The van der Waals surface area contributed by atoms with Crippen molar-refractivity contribution < 1.29 is 14.3 Å². The molecule has 2 rings (SSSR count). The van der Waals surface area contributed by atoms with E-state index in [2.05, 4.69) is 5.32 Å². The fraction of sp³-hybridized carbons (Fsp3) is 0.579. The molecule has 0 spiro atoms. The Morgan fingerprint density at radius 2 is 1.73 bits per heavy atom. The van der Waals surface area contributed by atoms with Gasteiger partial charge in [0.2, 0.25) is 5.91 Å². The lowest BCUT2D eigenvalue weighted by atomic mass is 9.86. The first-order valence-electron chi connectivity index (χ1n) is 8.71. The van der Waals surface area contributed by atoms with Crippen LogP contribution in [0.4, 0.5) is 0 Å². The van der Waals surface area contributed by atoms with Crippen molar-refractivity contribution in [2.45, 2.75) is 45.7 Å². The number of rotatable bonds is 4. The smallest absolute Gasteiger partial charge is 0.251 e. The van der Waals surface area contributed by atoms with Gasteiger partial charge in [-0.1, -0.05) is 20.8 Å². The van der Waals surface area contributed by atoms with Gasteiger partial charge in [-0.05, 0) is 42.5 Å². The summed E-state index contributed by atoms with van der Waals surface area (Å²) in [4.78, 5) is 26.6. The van der Waals surface area contributed by atoms with E-state index in [1.807, 2.05) is 25.7 Å². The van der Waals surface area contributed by atoms with E-state index in [-0.39, 0.29) is 35.7 Å². The second-order valence-electron chi connectivity index (χ2n) is 7.65. The van der Waals surface area contributed by atoms with E-state index >= 15 is 0 Å². The first-order chi connectivity index (χ1) is 11.7. The molecule has 146 valence electrons. The molecule has 6 nitrogen and oxygen atoms in total. The van der Waals surface area contributed by atoms with Crippen LogP contribution in [0.5, 0.6) is 5.75 Å². The Hall–Kier alpha value is -1.79. The van der Waals surface area contributed by atoms with Crippen LogP contribution in [0.15, 0.2) is 24.3 Å². The van der Waals surface area contributed by atoms with Gasteiger partial charge in [0.15, 0.2) is 0 Å². The second-order valence-corrected chi connectivity index (χ2v) is 7.65. The molecule has 1 fully saturated rings. The molecular weight excluding hydrogens is 354 g/mol. The molecule has 2 amide bonds. The number of carbonyl (C=O) groups is 2. The molecule has 0 aliphatic carbocycles. The van der Waals surface area contributed by atoms with Crippen LogP contribution in [0.3, 0.4) is 0 Å². The fourth-order valence-electron chi connectivity index (χ4n) is 2.82. The summed E-state index contributed by atoms with van der Waals surface area (Å²) in [6.07, 6.45) is 1.48. The molecule has 1 atom stereocenters. The first kappa shape index (κ1) is 22.3. The summed E-state index contributed by atoms with van der Waals surface area (Å²) in [5.74, 6) is 0.616. The van der Waals surface area contributed by atoms with Crippen LogP contribution < -0.4 is 15.8 Å². The Balaban J connectivity index is 0.00000338. The Bertz CT molecular complexity index is 605. The highest BCUT2D eigenvalue weighted by atomic mass is 35.5. The van der Waals surface area contributed by atoms with Gasteiger partial charge in [0.25, 0.3) is 5.91 Å². The third kappa shape index (κ3) is 5.61. The Kier molecular flexibility index (Phi) is 7.90. The maximum absolute atomic E-state index is 12.5. The largest absolute Gasteiger partial charge is 0.497 e. The highest BCUT2D eigenvalue weighted by Gasteiger charge is 2.33. The minimum Gasteiger partial charge on any atom is -0.497 e. The fourth-order valence-corrected chi connectivity index (χ4v) is 2.82. The van der Waals surface area contributed by atoms with Crippen molar-refractivity contribution in [3.8, 4) is 5.75 Å². The lowest BCUT2D eigenvalue weighted by Crippen LogP contribution is -2.54. The zero-order valence-corrected chi connectivity index (χ0v) is 16.8. The molecule has 0 saturated carbocycles. The van der Waals surface area contributed by atoms with E-state index in [9.17, 15) is 9.59 Å². The molecule has 1 aliphatic rings. The van der Waals surface area contributed by atoms with Crippen molar-refractivity contribution in [3.63, 3.8) is 0 Å². The predicted octanol–water partition coefficient (Wildman–Crippen LogP) is 2.21. The zero-order chi connectivity index (χ0) is 18.6. The minimum absolute atomic E-state index is 0. The summed E-state index contributed by atoms with van der Waals surface area (Å²) in [6.45, 7) is 7.15. The number of likely N-dealkylation sites (tertiary alicyclic amines) is 1. The standard InChI is InChI=1S/C19H29N3O3.ClH/c1-19(2,3)16(20)18(24)22-11-9-14(10-12-22)21-17(23)13-5-7-15(25-4)8-6-13;/h5-8,14,16H,9-12,20H2,1-4H3,(H,21,23);1H/t16-;/m1./s1. The number of piperidine rings is 1. The lowest BCUT2D eigenvalue weighted by Gasteiger charge is -2.36. The molecule has 1 heterocycles. The van der Waals surface area contributed by atoms with E-state index in [1.54, 1.807) is 31.4 Å². The minimum atomic E-state index is -0.502. The van der Waals surface area contributed by atoms with Crippen LogP contribution in [-0.4, -0.2) is 49.0 Å². The van der Waals surface area contributed by atoms with Crippen molar-refractivity contribution in [1.82, 2.24) is 10.2 Å². The number of carbonyl (C=O) groups excluding carboxylic acids is 2. The molecule has 1 aromatic carbocycles. The summed E-state index contributed by atoms with van der Waals surface area (Å²) in [7, 11) is 1.59. The number of nitrogens with zero attached hydrogens (tertiary/aromatic N) is 1. The molecule has 0 bridgehead atoms. The van der Waals surface area contributed by atoms with Crippen molar-refractivity contribution in [2.75, 3.05) is 20.2 Å². The average Bonchev–Trinajstić information content (AvgIpc) is 2.60. The zero-order valence-electron chi connectivity index (χ0n) is 16.0. The predicted molar refractivity (Wildman–Crippen MR) is 105 cm³/mol. The van der Waals surface area contributed by atoms with Gasteiger partial charge in [0.1, 0.15) is 5.75 Å². The molecule has 0 unspecified atom stereocenters. The van der Waals surface area contributed by atoms with Gasteiger partial charge in [-0.15, -0.1) is 12.4 Å². The number of hydrogen-bond donors (Lipinski definition) is 2. The van der Waals surface area contributed by atoms with Crippen LogP contribution in [0.2, 0.25) is 0 Å². The van der Waals surface area contributed by atoms with E-state index in [0.717, 1.165) is 18.6 Å². The van der Waals surface area contributed by atoms with Crippen molar-refractivity contribution in [2.24, 2.45) is 11.1 Å². The van der Waals surface area contributed by atoms with Gasteiger partial charge in [0, 0.05) is 24.7 Å². The molecule has 1 aromatic rings. The maximum Gasteiger partial charge on any atom is 0.251 e. The van der Waals surface area contributed by atoms with Crippen molar-refractivity contribution in [3.05, 3.63) is 29.8 Å². The average molecular weight is 384 g/mol. The van der Waals surface area contributed by atoms with E-state index in [0.29, 0.717) is 18.7 Å². The number of nitrogens with one attached hydrogen (secondary N) is 1. The molecule has 7 heteroatoms. The molecular formula is C19H30ClN3O3. The Labute approximate surface area is 161 Å². The topological polar surface area (TPSA) is 84.7 Å². The second kappa shape index (κ2) is 9.24. The van der Waals surface area contributed by atoms with Gasteiger partial charge in [-0.2, -0.15) is 0 Å². The molecule has 0 aromatic heterocycles. The summed E-state index contributed by atoms with van der Waals surface area (Å²) >= 11 is 0. The van der Waals surface area contributed by atoms with Gasteiger partial charge in [0.05, 0.1) is 13.2 Å². The van der Waals surface area contributed by atoms with E-state index in [4.69, 9.17) is 10.5 Å². The SMILES string of the molecule is COc1ccc(C(=O)NC2CCN(C(=O)[C@@H](N)C(C)(C)C)CC2)cc1.Cl. The molecule has 26 heavy (non-hydrogen) atoms. The van der Waals surface area contributed by atoms with E-state index < -0.39 is 6.04 Å². The molecule has 1 aliphatic heterocycles. The molecule has 1 saturated heterocycles. The number of methoxy groups -OCH3 is 1. The summed E-state index contributed by atoms with van der Waals surface area (Å²) in [5, 5.41) is 3.04. The summed E-state index contributed by atoms with van der Waals surface area (Å²) in [6, 6.07) is 6.60.